The Labute approximate surface area is 196 Å². The van der Waals surface area contributed by atoms with Crippen LogP contribution in [0, 0.1) is 29.5 Å². The maximum Gasteiger partial charge on any atom is 0.308 e. The first-order chi connectivity index (χ1) is 16.5. The number of nitrogens with one attached hydrogen (secondary N) is 2. The molecule has 0 radical (unpaired) electrons. The highest BCUT2D eigenvalue weighted by Gasteiger charge is 2.47. The van der Waals surface area contributed by atoms with Gasteiger partial charge in [-0.25, -0.2) is 14.4 Å². The van der Waals surface area contributed by atoms with Gasteiger partial charge in [-0.15, -0.1) is 11.3 Å². The number of hydrogen-bond acceptors (Lipinski definition) is 7. The van der Waals surface area contributed by atoms with Gasteiger partial charge in [0.2, 0.25) is 0 Å². The van der Waals surface area contributed by atoms with Gasteiger partial charge in [-0.3, -0.25) is 9.89 Å². The van der Waals surface area contributed by atoms with Crippen LogP contribution in [-0.2, 0) is 4.79 Å². The molecule has 4 aromatic heterocycles. The summed E-state index contributed by atoms with van der Waals surface area (Å²) in [5, 5.41) is 22.3. The number of fused-ring (bicyclic) bond motifs is 4. The number of nitrogens with zero attached hydrogens (tertiary/aromatic N) is 4. The van der Waals surface area contributed by atoms with Crippen molar-refractivity contribution in [2.45, 2.75) is 31.7 Å². The highest BCUT2D eigenvalue weighted by Crippen LogP contribution is 2.46. The summed E-state index contributed by atoms with van der Waals surface area (Å²) >= 11 is 1.50. The van der Waals surface area contributed by atoms with Crippen LogP contribution in [-0.4, -0.2) is 42.3 Å². The van der Waals surface area contributed by atoms with Gasteiger partial charge < -0.3 is 10.4 Å². The summed E-state index contributed by atoms with van der Waals surface area (Å²) in [7, 11) is 0. The van der Waals surface area contributed by atoms with Gasteiger partial charge in [0.1, 0.15) is 11.5 Å². The Morgan fingerprint density at radius 3 is 2.65 bits per heavy atom. The maximum absolute atomic E-state index is 13.9. The molecule has 0 aliphatic heterocycles. The summed E-state index contributed by atoms with van der Waals surface area (Å²) in [5.74, 6) is -2.47. The second-order valence-electron chi connectivity index (χ2n) is 8.88. The lowest BCUT2D eigenvalue weighted by Gasteiger charge is -2.47. The number of aromatic amines is 1. The molecular formula is C23H20F2N6O2S. The van der Waals surface area contributed by atoms with Gasteiger partial charge in [-0.2, -0.15) is 14.5 Å². The summed E-state index contributed by atoms with van der Waals surface area (Å²) in [6.45, 7) is 0. The van der Waals surface area contributed by atoms with Crippen molar-refractivity contribution in [1.29, 1.82) is 0 Å². The Balaban J connectivity index is 1.45. The van der Waals surface area contributed by atoms with Gasteiger partial charge in [-0.1, -0.05) is 6.07 Å². The highest BCUT2D eigenvalue weighted by atomic mass is 32.1. The van der Waals surface area contributed by atoms with Crippen LogP contribution in [0.1, 0.15) is 25.7 Å². The number of pyridine rings is 1. The van der Waals surface area contributed by atoms with Crippen LogP contribution >= 0.6 is 11.3 Å². The number of halogens is 2. The molecule has 3 aliphatic carbocycles. The largest absolute Gasteiger partial charge is 0.481 e. The van der Waals surface area contributed by atoms with Gasteiger partial charge >= 0.3 is 5.97 Å². The van der Waals surface area contributed by atoms with Crippen LogP contribution in [0.15, 0.2) is 29.6 Å². The van der Waals surface area contributed by atoms with E-state index in [-0.39, 0.29) is 34.7 Å². The predicted octanol–water partition coefficient (Wildman–Crippen LogP) is 4.72. The van der Waals surface area contributed by atoms with Gasteiger partial charge in [0.05, 0.1) is 21.9 Å². The molecule has 0 saturated heterocycles. The molecule has 11 heteroatoms. The minimum atomic E-state index is -1.23. The van der Waals surface area contributed by atoms with E-state index in [1.807, 2.05) is 17.5 Å². The average Bonchev–Trinajstić information content (AvgIpc) is 3.50. The first kappa shape index (κ1) is 21.1. The molecule has 2 bridgehead atoms. The molecule has 3 N–H and O–H groups in total. The molecule has 2 unspecified atom stereocenters. The van der Waals surface area contributed by atoms with Crippen LogP contribution in [0.3, 0.4) is 0 Å². The zero-order valence-electron chi connectivity index (χ0n) is 17.8. The first-order valence-electron chi connectivity index (χ1n) is 11.1. The molecule has 34 heavy (non-hydrogen) atoms. The fraction of sp³-hybridized carbons (Fsp3) is 0.348. The van der Waals surface area contributed by atoms with E-state index in [1.165, 1.54) is 11.3 Å². The normalized spacial score (nSPS) is 23.9. The number of H-pyrrole nitrogens is 1. The molecule has 7 rings (SSSR count). The van der Waals surface area contributed by atoms with Crippen LogP contribution < -0.4 is 5.32 Å². The molecule has 174 valence electrons. The summed E-state index contributed by atoms with van der Waals surface area (Å²) in [4.78, 5) is 25.8. The second-order valence-corrected chi connectivity index (χ2v) is 9.83. The molecule has 2 atom stereocenters. The van der Waals surface area contributed by atoms with E-state index < -0.39 is 23.7 Å². The average molecular weight is 483 g/mol. The Morgan fingerprint density at radius 1 is 1.12 bits per heavy atom. The Kier molecular flexibility index (Phi) is 5.01. The van der Waals surface area contributed by atoms with Gasteiger partial charge in [0.25, 0.3) is 5.95 Å². The summed E-state index contributed by atoms with van der Waals surface area (Å²) in [6, 6.07) is 6.41. The van der Waals surface area contributed by atoms with E-state index in [2.05, 4.69) is 30.5 Å². The minimum Gasteiger partial charge on any atom is -0.481 e. The Bertz CT molecular complexity index is 1380. The number of carbonyl (C=O) groups is 1. The van der Waals surface area contributed by atoms with E-state index in [9.17, 15) is 18.7 Å². The van der Waals surface area contributed by atoms with Crippen molar-refractivity contribution < 1.29 is 18.7 Å². The summed E-state index contributed by atoms with van der Waals surface area (Å²) < 4.78 is 27.5. The second kappa shape index (κ2) is 8.08. The lowest BCUT2D eigenvalue weighted by Crippen LogP contribution is -2.51. The van der Waals surface area contributed by atoms with E-state index in [4.69, 9.17) is 0 Å². The van der Waals surface area contributed by atoms with Gasteiger partial charge in [0, 0.05) is 12.1 Å². The quantitative estimate of drug-likeness (QED) is 0.352. The van der Waals surface area contributed by atoms with Crippen LogP contribution in [0.5, 0.6) is 0 Å². The standard InChI is InChI=1S/C23H20F2N6O2S/c24-13-8-12-19(30-31-21(12)29-20(13)25)22-26-14(15-2-1-7-34-15)9-16(28-22)27-18-11-5-3-10(4-6-11)17(18)23(32)33/h1-2,7-11,17-18H,3-6H2,(H,32,33)(H,26,27,28)(H,29,30,31). The first-order valence-corrected chi connectivity index (χ1v) is 12.0. The molecule has 4 aromatic rings. The number of aliphatic carboxylic acids is 1. The smallest absolute Gasteiger partial charge is 0.308 e. The van der Waals surface area contributed by atoms with Crippen LogP contribution in [0.25, 0.3) is 33.1 Å². The monoisotopic (exact) mass is 482 g/mol. The van der Waals surface area contributed by atoms with E-state index in [0.29, 0.717) is 17.2 Å². The molecular weight excluding hydrogens is 462 g/mol. The van der Waals surface area contributed by atoms with Crippen molar-refractivity contribution in [3.05, 3.63) is 41.4 Å². The van der Waals surface area contributed by atoms with Crippen LogP contribution in [0.2, 0.25) is 0 Å². The fourth-order valence-electron chi connectivity index (χ4n) is 5.43. The van der Waals surface area contributed by atoms with E-state index in [0.717, 1.165) is 36.6 Å². The maximum atomic E-state index is 13.9. The number of anilines is 1. The minimum absolute atomic E-state index is 0.0177. The van der Waals surface area contributed by atoms with Crippen LogP contribution in [0.4, 0.5) is 14.6 Å². The van der Waals surface area contributed by atoms with Gasteiger partial charge in [0.15, 0.2) is 17.3 Å². The summed E-state index contributed by atoms with van der Waals surface area (Å²) in [5.41, 5.74) is 0.959. The van der Waals surface area contributed by atoms with Crippen molar-refractivity contribution in [1.82, 2.24) is 25.1 Å². The number of thiophene rings is 1. The third kappa shape index (κ3) is 3.51. The molecule has 3 fully saturated rings. The van der Waals surface area contributed by atoms with E-state index in [1.54, 1.807) is 6.07 Å². The number of carboxylic acids is 1. The third-order valence-corrected chi connectivity index (χ3v) is 7.89. The SMILES string of the molecule is O=C(O)C1C2CCC(CC2)C1Nc1cc(-c2cccs2)nc(-c2[nH]nc3nc(F)c(F)cc23)n1. The van der Waals surface area contributed by atoms with Crippen molar-refractivity contribution in [3.8, 4) is 22.1 Å². The lowest BCUT2D eigenvalue weighted by atomic mass is 9.61. The summed E-state index contributed by atoms with van der Waals surface area (Å²) in [6.07, 6.45) is 3.85. The number of aromatic nitrogens is 5. The molecule has 4 heterocycles. The van der Waals surface area contributed by atoms with Crippen molar-refractivity contribution in [3.63, 3.8) is 0 Å². The van der Waals surface area contributed by atoms with E-state index >= 15 is 0 Å². The number of hydrogen-bond donors (Lipinski definition) is 3. The zero-order valence-corrected chi connectivity index (χ0v) is 18.6. The molecule has 0 aromatic carbocycles. The zero-order chi connectivity index (χ0) is 23.4. The van der Waals surface area contributed by atoms with Crippen molar-refractivity contribution in [2.75, 3.05) is 5.32 Å². The van der Waals surface area contributed by atoms with Crippen molar-refractivity contribution >= 4 is 34.2 Å². The molecule has 0 spiro atoms. The molecule has 3 aliphatic rings. The highest BCUT2D eigenvalue weighted by molar-refractivity contribution is 7.13. The molecule has 8 nitrogen and oxygen atoms in total. The number of carboxylic acid groups (broad SMARTS) is 1. The molecule has 3 saturated carbocycles. The topological polar surface area (TPSA) is 117 Å². The third-order valence-electron chi connectivity index (χ3n) is 7.00. The number of rotatable bonds is 5. The Morgan fingerprint density at radius 2 is 1.91 bits per heavy atom. The molecule has 0 amide bonds. The van der Waals surface area contributed by atoms with Gasteiger partial charge in [-0.05, 0) is 55.0 Å². The lowest BCUT2D eigenvalue weighted by molar-refractivity contribution is -0.148. The predicted molar refractivity (Wildman–Crippen MR) is 122 cm³/mol. The fourth-order valence-corrected chi connectivity index (χ4v) is 6.12. The van der Waals surface area contributed by atoms with Crippen molar-refractivity contribution in [2.24, 2.45) is 17.8 Å². The Hall–Kier alpha value is -3.47.